The Hall–Kier alpha value is -0.870. The molecule has 4 nitrogen and oxygen atoms in total. The third-order valence-electron chi connectivity index (χ3n) is 5.15. The first-order valence-corrected chi connectivity index (χ1v) is 8.61. The monoisotopic (exact) mass is 291 g/mol. The van der Waals surface area contributed by atoms with Crippen LogP contribution in [0.4, 0.5) is 0 Å². The summed E-state index contributed by atoms with van der Waals surface area (Å²) in [4.78, 5) is 2.44. The fourth-order valence-electron chi connectivity index (χ4n) is 3.72. The van der Waals surface area contributed by atoms with Gasteiger partial charge in [-0.05, 0) is 51.6 Å². The van der Waals surface area contributed by atoms with Crippen molar-refractivity contribution in [2.24, 2.45) is 0 Å². The molecule has 118 valence electrons. The van der Waals surface area contributed by atoms with Crippen molar-refractivity contribution in [3.8, 4) is 0 Å². The fourth-order valence-corrected chi connectivity index (χ4v) is 3.72. The summed E-state index contributed by atoms with van der Waals surface area (Å²) in [6.07, 6.45) is 11.7. The van der Waals surface area contributed by atoms with Gasteiger partial charge in [0, 0.05) is 19.3 Å². The Labute approximate surface area is 128 Å². The molecule has 0 amide bonds. The normalized spacial score (nSPS) is 29.4. The standard InChI is InChI=1S/C17H29N3O/c1-17(21)9-5-11-19(13-10-17)14-15-8-12-20(18-15)16-6-3-2-4-7-16/h8,12,16,21H,2-7,9-11,13-14H2,1H3. The molecule has 2 aliphatic rings. The van der Waals surface area contributed by atoms with Gasteiger partial charge in [0.05, 0.1) is 17.3 Å². The third-order valence-corrected chi connectivity index (χ3v) is 5.15. The Bertz CT molecular complexity index is 449. The van der Waals surface area contributed by atoms with Crippen LogP contribution in [-0.4, -0.2) is 38.5 Å². The Morgan fingerprint density at radius 1 is 1.19 bits per heavy atom. The molecule has 0 spiro atoms. The van der Waals surface area contributed by atoms with Crippen LogP contribution in [0.5, 0.6) is 0 Å². The van der Waals surface area contributed by atoms with Crippen LogP contribution in [0.25, 0.3) is 0 Å². The lowest BCUT2D eigenvalue weighted by Crippen LogP contribution is -2.28. The molecule has 1 unspecified atom stereocenters. The van der Waals surface area contributed by atoms with Gasteiger partial charge in [-0.25, -0.2) is 0 Å². The van der Waals surface area contributed by atoms with Gasteiger partial charge in [-0.3, -0.25) is 9.58 Å². The third kappa shape index (κ3) is 4.07. The minimum absolute atomic E-state index is 0.476. The average molecular weight is 291 g/mol. The molecule has 2 heterocycles. The van der Waals surface area contributed by atoms with Crippen LogP contribution in [0.3, 0.4) is 0 Å². The zero-order valence-corrected chi connectivity index (χ0v) is 13.3. The van der Waals surface area contributed by atoms with Crippen molar-refractivity contribution < 1.29 is 5.11 Å². The predicted molar refractivity (Wildman–Crippen MR) is 84.1 cm³/mol. The lowest BCUT2D eigenvalue weighted by atomic mass is 9.96. The van der Waals surface area contributed by atoms with E-state index in [4.69, 9.17) is 5.10 Å². The molecule has 0 aromatic carbocycles. The number of nitrogens with zero attached hydrogens (tertiary/aromatic N) is 3. The van der Waals surface area contributed by atoms with E-state index in [0.29, 0.717) is 6.04 Å². The maximum absolute atomic E-state index is 10.2. The molecule has 1 aromatic heterocycles. The summed E-state index contributed by atoms with van der Waals surface area (Å²) < 4.78 is 2.20. The fraction of sp³-hybridized carbons (Fsp3) is 0.824. The molecule has 1 N–H and O–H groups in total. The van der Waals surface area contributed by atoms with Crippen molar-refractivity contribution in [3.63, 3.8) is 0 Å². The molecule has 0 bridgehead atoms. The topological polar surface area (TPSA) is 41.3 Å². The molecule has 3 rings (SSSR count). The molecule has 4 heteroatoms. The molecule has 1 aromatic rings. The summed E-state index contributed by atoms with van der Waals surface area (Å²) >= 11 is 0. The van der Waals surface area contributed by atoms with Crippen molar-refractivity contribution in [2.45, 2.75) is 76.5 Å². The van der Waals surface area contributed by atoms with Gasteiger partial charge in [0.25, 0.3) is 0 Å². The number of likely N-dealkylation sites (tertiary alicyclic amines) is 1. The first kappa shape index (κ1) is 15.0. The van der Waals surface area contributed by atoms with Gasteiger partial charge in [0.1, 0.15) is 0 Å². The zero-order valence-electron chi connectivity index (χ0n) is 13.3. The highest BCUT2D eigenvalue weighted by atomic mass is 16.3. The lowest BCUT2D eigenvalue weighted by Gasteiger charge is -2.23. The largest absolute Gasteiger partial charge is 0.390 e. The summed E-state index contributed by atoms with van der Waals surface area (Å²) in [5.41, 5.74) is 0.707. The maximum atomic E-state index is 10.2. The Morgan fingerprint density at radius 2 is 2.00 bits per heavy atom. The van der Waals surface area contributed by atoms with Crippen molar-refractivity contribution in [1.82, 2.24) is 14.7 Å². The Balaban J connectivity index is 1.56. The van der Waals surface area contributed by atoms with Crippen LogP contribution in [0, 0.1) is 0 Å². The van der Waals surface area contributed by atoms with Gasteiger partial charge in [0.15, 0.2) is 0 Å². The minimum Gasteiger partial charge on any atom is -0.390 e. The van der Waals surface area contributed by atoms with E-state index in [1.54, 1.807) is 0 Å². The van der Waals surface area contributed by atoms with Gasteiger partial charge in [-0.15, -0.1) is 0 Å². The van der Waals surface area contributed by atoms with Gasteiger partial charge in [-0.1, -0.05) is 19.3 Å². The zero-order chi connectivity index (χ0) is 14.7. The molecule has 1 atom stereocenters. The first-order chi connectivity index (χ1) is 10.1. The molecule has 21 heavy (non-hydrogen) atoms. The van der Waals surface area contributed by atoms with E-state index in [2.05, 4.69) is 21.8 Å². The van der Waals surface area contributed by atoms with E-state index in [1.807, 2.05) is 6.92 Å². The maximum Gasteiger partial charge on any atom is 0.0764 e. The molecule has 2 fully saturated rings. The summed E-state index contributed by atoms with van der Waals surface area (Å²) in [7, 11) is 0. The highest BCUT2D eigenvalue weighted by molar-refractivity contribution is 5.00. The molecular formula is C17H29N3O. The Morgan fingerprint density at radius 3 is 2.81 bits per heavy atom. The van der Waals surface area contributed by atoms with Crippen LogP contribution in [0.15, 0.2) is 12.3 Å². The quantitative estimate of drug-likeness (QED) is 0.930. The van der Waals surface area contributed by atoms with Crippen molar-refractivity contribution in [2.75, 3.05) is 13.1 Å². The van der Waals surface area contributed by atoms with Crippen LogP contribution in [-0.2, 0) is 6.54 Å². The summed E-state index contributed by atoms with van der Waals surface area (Å²) in [6.45, 7) is 4.94. The van der Waals surface area contributed by atoms with E-state index < -0.39 is 5.60 Å². The highest BCUT2D eigenvalue weighted by Gasteiger charge is 2.25. The number of aromatic nitrogens is 2. The first-order valence-electron chi connectivity index (χ1n) is 8.61. The predicted octanol–water partition coefficient (Wildman–Crippen LogP) is 3.13. The van der Waals surface area contributed by atoms with Crippen molar-refractivity contribution in [3.05, 3.63) is 18.0 Å². The second-order valence-corrected chi connectivity index (χ2v) is 7.21. The number of rotatable bonds is 3. The molecular weight excluding hydrogens is 262 g/mol. The van der Waals surface area contributed by atoms with E-state index in [9.17, 15) is 5.11 Å². The van der Waals surface area contributed by atoms with Gasteiger partial charge in [-0.2, -0.15) is 5.10 Å². The molecule has 1 saturated carbocycles. The van der Waals surface area contributed by atoms with Gasteiger partial charge in [0.2, 0.25) is 0 Å². The molecule has 1 aliphatic carbocycles. The van der Waals surface area contributed by atoms with Crippen LogP contribution in [0.2, 0.25) is 0 Å². The van der Waals surface area contributed by atoms with E-state index in [0.717, 1.165) is 38.9 Å². The second-order valence-electron chi connectivity index (χ2n) is 7.21. The lowest BCUT2D eigenvalue weighted by molar-refractivity contribution is 0.0444. The number of hydrogen-bond donors (Lipinski definition) is 1. The highest BCUT2D eigenvalue weighted by Crippen LogP contribution is 2.28. The summed E-state index contributed by atoms with van der Waals surface area (Å²) in [5.74, 6) is 0. The van der Waals surface area contributed by atoms with Crippen molar-refractivity contribution >= 4 is 0 Å². The Kier molecular flexibility index (Phi) is 4.65. The molecule has 0 radical (unpaired) electrons. The number of hydrogen-bond acceptors (Lipinski definition) is 3. The van der Waals surface area contributed by atoms with Crippen LogP contribution >= 0.6 is 0 Å². The summed E-state index contributed by atoms with van der Waals surface area (Å²) in [6, 6.07) is 2.80. The average Bonchev–Trinajstić information content (AvgIpc) is 2.87. The van der Waals surface area contributed by atoms with Gasteiger partial charge >= 0.3 is 0 Å². The molecule has 1 aliphatic heterocycles. The number of aliphatic hydroxyl groups is 1. The minimum atomic E-state index is -0.476. The second kappa shape index (κ2) is 6.49. The summed E-state index contributed by atoms with van der Waals surface area (Å²) in [5, 5.41) is 15.0. The van der Waals surface area contributed by atoms with Crippen molar-refractivity contribution in [1.29, 1.82) is 0 Å². The molecule has 1 saturated heterocycles. The van der Waals surface area contributed by atoms with Crippen LogP contribution in [0.1, 0.15) is 70.0 Å². The van der Waals surface area contributed by atoms with E-state index in [-0.39, 0.29) is 0 Å². The van der Waals surface area contributed by atoms with Gasteiger partial charge < -0.3 is 5.11 Å². The van der Waals surface area contributed by atoms with E-state index >= 15 is 0 Å². The van der Waals surface area contributed by atoms with Crippen LogP contribution < -0.4 is 0 Å². The van der Waals surface area contributed by atoms with E-state index in [1.165, 1.54) is 37.8 Å². The SMILES string of the molecule is CC1(O)CCCN(Cc2ccn(C3CCCCC3)n2)CC1. The smallest absolute Gasteiger partial charge is 0.0764 e.